The molecule has 2 aromatic rings. The van der Waals surface area contributed by atoms with Crippen molar-refractivity contribution in [1.29, 1.82) is 0 Å². The van der Waals surface area contributed by atoms with Gasteiger partial charge in [-0.05, 0) is 6.07 Å². The molecule has 0 atom stereocenters. The van der Waals surface area contributed by atoms with E-state index >= 15 is 0 Å². The molecule has 8 nitrogen and oxygen atoms in total. The molecule has 0 aliphatic rings. The predicted molar refractivity (Wildman–Crippen MR) is 86.8 cm³/mol. The molecule has 0 saturated heterocycles. The number of nitro benzene ring substituents is 2. The maximum Gasteiger partial charge on any atom is 0.317 e. The molecule has 0 radical (unpaired) electrons. The Labute approximate surface area is 140 Å². The molecular formula is C12H10Cl2N2O6S. The predicted octanol–water partition coefficient (Wildman–Crippen LogP) is 3.90. The van der Waals surface area contributed by atoms with Crippen LogP contribution < -0.4 is 0 Å². The molecule has 0 aliphatic carbocycles. The summed E-state index contributed by atoms with van der Waals surface area (Å²) in [6, 6.07) is 16.6. The number of hydrogen-bond acceptors (Lipinski definition) is 6. The monoisotopic (exact) mass is 380 g/mol. The van der Waals surface area contributed by atoms with Gasteiger partial charge in [0.25, 0.3) is 11.4 Å². The van der Waals surface area contributed by atoms with Crippen molar-refractivity contribution in [2.45, 2.75) is 0 Å². The Morgan fingerprint density at radius 2 is 1.00 bits per heavy atom. The topological polar surface area (TPSA) is 120 Å². The zero-order valence-electron chi connectivity index (χ0n) is 11.3. The quantitative estimate of drug-likeness (QED) is 0.442. The van der Waals surface area contributed by atoms with E-state index in [0.717, 1.165) is 6.07 Å². The Kier molecular flexibility index (Phi) is 9.47. The first kappa shape index (κ1) is 20.8. The standard InChI is InChI=1S/C6H4N2O4.C6H6.Cl2O2S/c9-7(10)5-2-1-3-6(4-5)8(11)12;1-2-4-6-5-3-1;1-5(2,3)4/h1-4H;1-6H;. The number of benzene rings is 2. The fourth-order valence-corrected chi connectivity index (χ4v) is 1.11. The minimum Gasteiger partial charge on any atom is -0.258 e. The van der Waals surface area contributed by atoms with Gasteiger partial charge in [-0.2, -0.15) is 8.42 Å². The number of halogens is 2. The largest absolute Gasteiger partial charge is 0.317 e. The average Bonchev–Trinajstić information content (AvgIpc) is 2.48. The van der Waals surface area contributed by atoms with Crippen LogP contribution >= 0.6 is 21.4 Å². The minimum absolute atomic E-state index is 0.274. The summed E-state index contributed by atoms with van der Waals surface area (Å²) >= 11 is 0. The van der Waals surface area contributed by atoms with Crippen LogP contribution in [0.2, 0.25) is 0 Å². The fraction of sp³-hybridized carbons (Fsp3) is 0. The minimum atomic E-state index is -3.72. The molecule has 0 bridgehead atoms. The lowest BCUT2D eigenvalue weighted by molar-refractivity contribution is -0.394. The second kappa shape index (κ2) is 10.5. The number of nitrogens with zero attached hydrogens (tertiary/aromatic N) is 2. The molecule has 0 aliphatic heterocycles. The van der Waals surface area contributed by atoms with Gasteiger partial charge in [0.2, 0.25) is 0 Å². The molecule has 0 aromatic heterocycles. The van der Waals surface area contributed by atoms with Gasteiger partial charge in [0, 0.05) is 33.5 Å². The van der Waals surface area contributed by atoms with Crippen LogP contribution in [0.1, 0.15) is 0 Å². The third kappa shape index (κ3) is 13.2. The van der Waals surface area contributed by atoms with Crippen molar-refractivity contribution in [2.24, 2.45) is 0 Å². The third-order valence-electron chi connectivity index (χ3n) is 1.92. The highest BCUT2D eigenvalue weighted by Crippen LogP contribution is 2.18. The lowest BCUT2D eigenvalue weighted by atomic mass is 10.3. The third-order valence-corrected chi connectivity index (χ3v) is 1.92. The summed E-state index contributed by atoms with van der Waals surface area (Å²) in [6.07, 6.45) is 0. The van der Waals surface area contributed by atoms with E-state index in [1.807, 2.05) is 36.4 Å². The smallest absolute Gasteiger partial charge is 0.258 e. The van der Waals surface area contributed by atoms with E-state index in [-0.39, 0.29) is 11.4 Å². The highest BCUT2D eigenvalue weighted by Gasteiger charge is 2.11. The van der Waals surface area contributed by atoms with Gasteiger partial charge < -0.3 is 0 Å². The molecule has 0 spiro atoms. The van der Waals surface area contributed by atoms with E-state index < -0.39 is 18.1 Å². The zero-order valence-corrected chi connectivity index (χ0v) is 13.6. The van der Waals surface area contributed by atoms with Crippen molar-refractivity contribution in [2.75, 3.05) is 0 Å². The lowest BCUT2D eigenvalue weighted by Crippen LogP contribution is -1.91. The molecule has 124 valence electrons. The molecule has 0 fully saturated rings. The summed E-state index contributed by atoms with van der Waals surface area (Å²) < 4.78 is 18.3. The summed E-state index contributed by atoms with van der Waals surface area (Å²) in [5.74, 6) is 0. The van der Waals surface area contributed by atoms with Gasteiger partial charge >= 0.3 is 8.26 Å². The Morgan fingerprint density at radius 1 is 0.739 bits per heavy atom. The molecule has 0 N–H and O–H groups in total. The number of nitro groups is 2. The summed E-state index contributed by atoms with van der Waals surface area (Å²) in [5.41, 5.74) is -0.548. The average molecular weight is 381 g/mol. The lowest BCUT2D eigenvalue weighted by Gasteiger charge is -1.90. The van der Waals surface area contributed by atoms with E-state index in [1.54, 1.807) is 0 Å². The Hall–Kier alpha value is -2.23. The summed E-state index contributed by atoms with van der Waals surface area (Å²) in [5, 5.41) is 20.3. The SMILES string of the molecule is O=S(=O)(Cl)Cl.O=[N+]([O-])c1cccc([N+](=O)[O-])c1.c1ccccc1. The summed E-state index contributed by atoms with van der Waals surface area (Å²) in [4.78, 5) is 19.0. The summed E-state index contributed by atoms with van der Waals surface area (Å²) in [6.45, 7) is 0. The Bertz CT molecular complexity index is 676. The Morgan fingerprint density at radius 3 is 1.22 bits per heavy atom. The van der Waals surface area contributed by atoms with Crippen LogP contribution in [0.25, 0.3) is 0 Å². The van der Waals surface area contributed by atoms with Crippen LogP contribution in [0, 0.1) is 20.2 Å². The van der Waals surface area contributed by atoms with Crippen LogP contribution in [0.4, 0.5) is 11.4 Å². The van der Waals surface area contributed by atoms with Gasteiger partial charge in [-0.25, -0.2) is 0 Å². The second-order valence-corrected chi connectivity index (χ2v) is 7.24. The fourth-order valence-electron chi connectivity index (χ4n) is 1.11. The zero-order chi connectivity index (χ0) is 17.9. The molecule has 0 heterocycles. The first-order chi connectivity index (χ1) is 10.6. The van der Waals surface area contributed by atoms with Gasteiger partial charge in [-0.15, -0.1) is 0 Å². The van der Waals surface area contributed by atoms with Gasteiger partial charge in [0.15, 0.2) is 0 Å². The highest BCUT2D eigenvalue weighted by atomic mass is 36.0. The molecule has 11 heteroatoms. The molecule has 2 rings (SSSR count). The molecule has 2 aromatic carbocycles. The summed E-state index contributed by atoms with van der Waals surface area (Å²) in [7, 11) is 4.81. The molecule has 0 saturated carbocycles. The van der Waals surface area contributed by atoms with Crippen LogP contribution in [0.5, 0.6) is 0 Å². The van der Waals surface area contributed by atoms with Crippen molar-refractivity contribution in [3.63, 3.8) is 0 Å². The maximum absolute atomic E-state index is 10.2. The van der Waals surface area contributed by atoms with Gasteiger partial charge in [0.1, 0.15) is 0 Å². The van der Waals surface area contributed by atoms with E-state index in [9.17, 15) is 20.2 Å². The molecule has 0 unspecified atom stereocenters. The first-order valence-electron chi connectivity index (χ1n) is 5.64. The van der Waals surface area contributed by atoms with E-state index in [1.165, 1.54) is 18.2 Å². The molecule has 0 amide bonds. The van der Waals surface area contributed by atoms with Gasteiger partial charge in [-0.1, -0.05) is 36.4 Å². The number of non-ortho nitro benzene ring substituents is 2. The highest BCUT2D eigenvalue weighted by molar-refractivity contribution is 8.31. The van der Waals surface area contributed by atoms with Crippen molar-refractivity contribution in [3.8, 4) is 0 Å². The van der Waals surface area contributed by atoms with E-state index in [4.69, 9.17) is 8.42 Å². The van der Waals surface area contributed by atoms with Crippen molar-refractivity contribution >= 4 is 41.0 Å². The maximum atomic E-state index is 10.2. The van der Waals surface area contributed by atoms with Gasteiger partial charge in [0.05, 0.1) is 15.9 Å². The van der Waals surface area contributed by atoms with Crippen LogP contribution in [-0.4, -0.2) is 18.3 Å². The molecular weight excluding hydrogens is 371 g/mol. The van der Waals surface area contributed by atoms with E-state index in [2.05, 4.69) is 21.4 Å². The number of rotatable bonds is 2. The van der Waals surface area contributed by atoms with Gasteiger partial charge in [-0.3, -0.25) is 20.2 Å². The number of hydrogen-bond donors (Lipinski definition) is 0. The second-order valence-electron chi connectivity index (χ2n) is 3.57. The Balaban J connectivity index is 0.000000367. The van der Waals surface area contributed by atoms with Crippen molar-refractivity contribution in [1.82, 2.24) is 0 Å². The van der Waals surface area contributed by atoms with Crippen LogP contribution in [0.3, 0.4) is 0 Å². The van der Waals surface area contributed by atoms with E-state index in [0.29, 0.717) is 0 Å². The first-order valence-corrected chi connectivity index (χ1v) is 8.78. The van der Waals surface area contributed by atoms with Crippen LogP contribution in [-0.2, 0) is 8.26 Å². The van der Waals surface area contributed by atoms with Crippen molar-refractivity contribution < 1.29 is 18.3 Å². The normalized spacial score (nSPS) is 9.48. The van der Waals surface area contributed by atoms with Crippen LogP contribution in [0.15, 0.2) is 60.7 Å². The van der Waals surface area contributed by atoms with Crippen molar-refractivity contribution in [3.05, 3.63) is 80.9 Å². The molecule has 23 heavy (non-hydrogen) atoms.